The Bertz CT molecular complexity index is 485. The number of nitrogens with two attached hydrogens (primary N) is 1. The average Bonchev–Trinajstić information content (AvgIpc) is 2.63. The normalized spacial score (nSPS) is 10.5. The molecule has 0 unspecified atom stereocenters. The molecule has 2 N–H and O–H groups in total. The van der Waals surface area contributed by atoms with E-state index in [1.807, 2.05) is 12.1 Å². The first-order valence-electron chi connectivity index (χ1n) is 5.62. The first-order chi connectivity index (χ1) is 8.13. The van der Waals surface area contributed by atoms with Crippen molar-refractivity contribution in [3.05, 3.63) is 41.7 Å². The van der Waals surface area contributed by atoms with Gasteiger partial charge in [-0.2, -0.15) is 5.10 Å². The van der Waals surface area contributed by atoms with Gasteiger partial charge in [-0.15, -0.1) is 0 Å². The van der Waals surface area contributed by atoms with Gasteiger partial charge in [-0.1, -0.05) is 6.07 Å². The quantitative estimate of drug-likeness (QED) is 0.877. The lowest BCUT2D eigenvalue weighted by atomic mass is 10.1. The number of aromatic nitrogens is 2. The number of ether oxygens (including phenoxy) is 1. The Hall–Kier alpha value is -1.97. The van der Waals surface area contributed by atoms with Crippen LogP contribution in [0.4, 0.5) is 5.69 Å². The maximum Gasteiger partial charge on any atom is 0.119 e. The Kier molecular flexibility index (Phi) is 3.32. The number of aryl methyl sites for hydroxylation is 2. The highest BCUT2D eigenvalue weighted by atomic mass is 16.5. The topological polar surface area (TPSA) is 53.1 Å². The number of hydrogen-bond donors (Lipinski definition) is 1. The summed E-state index contributed by atoms with van der Waals surface area (Å²) in [6.07, 6.45) is 3.43. The average molecular weight is 231 g/mol. The van der Waals surface area contributed by atoms with Crippen molar-refractivity contribution in [2.45, 2.75) is 20.4 Å². The van der Waals surface area contributed by atoms with Crippen molar-refractivity contribution in [1.29, 1.82) is 0 Å². The Morgan fingerprint density at radius 1 is 1.24 bits per heavy atom. The van der Waals surface area contributed by atoms with Gasteiger partial charge in [0.25, 0.3) is 0 Å². The molecule has 0 aliphatic heterocycles. The number of rotatable bonds is 4. The van der Waals surface area contributed by atoms with Crippen molar-refractivity contribution in [2.24, 2.45) is 0 Å². The van der Waals surface area contributed by atoms with Crippen LogP contribution in [-0.4, -0.2) is 16.4 Å². The van der Waals surface area contributed by atoms with E-state index in [0.717, 1.165) is 5.75 Å². The highest BCUT2D eigenvalue weighted by Crippen LogP contribution is 2.16. The van der Waals surface area contributed by atoms with Gasteiger partial charge in [-0.25, -0.2) is 0 Å². The van der Waals surface area contributed by atoms with E-state index in [1.165, 1.54) is 11.1 Å². The van der Waals surface area contributed by atoms with Crippen LogP contribution in [0.25, 0.3) is 0 Å². The molecule has 0 fully saturated rings. The molecular weight excluding hydrogens is 214 g/mol. The van der Waals surface area contributed by atoms with Gasteiger partial charge in [-0.3, -0.25) is 4.68 Å². The third kappa shape index (κ3) is 3.24. The van der Waals surface area contributed by atoms with E-state index in [4.69, 9.17) is 10.5 Å². The van der Waals surface area contributed by atoms with Crippen LogP contribution < -0.4 is 10.5 Å². The summed E-state index contributed by atoms with van der Waals surface area (Å²) in [5.41, 5.74) is 8.68. The van der Waals surface area contributed by atoms with Crippen LogP contribution in [0.15, 0.2) is 30.6 Å². The minimum Gasteiger partial charge on any atom is -0.492 e. The zero-order chi connectivity index (χ0) is 12.3. The van der Waals surface area contributed by atoms with Gasteiger partial charge in [0.1, 0.15) is 12.4 Å². The van der Waals surface area contributed by atoms with Gasteiger partial charge in [0.15, 0.2) is 0 Å². The summed E-state index contributed by atoms with van der Waals surface area (Å²) in [6.45, 7) is 5.41. The molecular formula is C13H17N3O. The largest absolute Gasteiger partial charge is 0.492 e. The second kappa shape index (κ2) is 4.91. The standard InChI is InChI=1S/C13H17N3O/c1-10-5-11(2)7-13(6-10)17-4-3-16-9-12(14)8-15-16/h5-9H,3-4,14H2,1-2H3. The van der Waals surface area contributed by atoms with E-state index in [2.05, 4.69) is 25.0 Å². The highest BCUT2D eigenvalue weighted by molar-refractivity contribution is 5.33. The molecule has 0 atom stereocenters. The molecule has 0 aliphatic rings. The molecule has 17 heavy (non-hydrogen) atoms. The summed E-state index contributed by atoms with van der Waals surface area (Å²) >= 11 is 0. The van der Waals surface area contributed by atoms with Gasteiger partial charge in [0.2, 0.25) is 0 Å². The SMILES string of the molecule is Cc1cc(C)cc(OCCn2cc(N)cn2)c1. The van der Waals surface area contributed by atoms with E-state index >= 15 is 0 Å². The summed E-state index contributed by atoms with van der Waals surface area (Å²) in [7, 11) is 0. The third-order valence-corrected chi connectivity index (χ3v) is 2.44. The van der Waals surface area contributed by atoms with Crippen LogP contribution in [0.5, 0.6) is 5.75 Å². The Balaban J connectivity index is 1.89. The van der Waals surface area contributed by atoms with E-state index in [9.17, 15) is 0 Å². The first kappa shape index (κ1) is 11.5. The second-order valence-electron chi connectivity index (χ2n) is 4.21. The Morgan fingerprint density at radius 2 is 1.94 bits per heavy atom. The number of anilines is 1. The lowest BCUT2D eigenvalue weighted by Gasteiger charge is -2.08. The van der Waals surface area contributed by atoms with Crippen molar-refractivity contribution in [3.63, 3.8) is 0 Å². The lowest BCUT2D eigenvalue weighted by molar-refractivity contribution is 0.291. The molecule has 0 aliphatic carbocycles. The second-order valence-corrected chi connectivity index (χ2v) is 4.21. The van der Waals surface area contributed by atoms with Crippen molar-refractivity contribution < 1.29 is 4.74 Å². The fraction of sp³-hybridized carbons (Fsp3) is 0.308. The van der Waals surface area contributed by atoms with Gasteiger partial charge >= 0.3 is 0 Å². The Morgan fingerprint density at radius 3 is 2.53 bits per heavy atom. The number of nitrogens with zero attached hydrogens (tertiary/aromatic N) is 2. The summed E-state index contributed by atoms with van der Waals surface area (Å²) in [5.74, 6) is 0.905. The van der Waals surface area contributed by atoms with Gasteiger partial charge in [-0.05, 0) is 37.1 Å². The van der Waals surface area contributed by atoms with Gasteiger partial charge in [0, 0.05) is 6.20 Å². The van der Waals surface area contributed by atoms with Crippen LogP contribution in [-0.2, 0) is 6.54 Å². The summed E-state index contributed by atoms with van der Waals surface area (Å²) in [5, 5.41) is 4.09. The molecule has 0 saturated carbocycles. The zero-order valence-corrected chi connectivity index (χ0v) is 10.2. The molecule has 0 saturated heterocycles. The van der Waals surface area contributed by atoms with Crippen molar-refractivity contribution >= 4 is 5.69 Å². The molecule has 4 nitrogen and oxygen atoms in total. The zero-order valence-electron chi connectivity index (χ0n) is 10.2. The van der Waals surface area contributed by atoms with Gasteiger partial charge < -0.3 is 10.5 Å². The van der Waals surface area contributed by atoms with Crippen molar-refractivity contribution in [1.82, 2.24) is 9.78 Å². The van der Waals surface area contributed by atoms with E-state index in [1.54, 1.807) is 17.1 Å². The molecule has 4 heteroatoms. The molecule has 1 aromatic heterocycles. The van der Waals surface area contributed by atoms with Gasteiger partial charge in [0.05, 0.1) is 18.4 Å². The van der Waals surface area contributed by atoms with Crippen LogP contribution in [0.1, 0.15) is 11.1 Å². The fourth-order valence-corrected chi connectivity index (χ4v) is 1.78. The molecule has 0 spiro atoms. The lowest BCUT2D eigenvalue weighted by Crippen LogP contribution is -2.08. The number of benzene rings is 1. The predicted molar refractivity (Wildman–Crippen MR) is 68.1 cm³/mol. The monoisotopic (exact) mass is 231 g/mol. The summed E-state index contributed by atoms with van der Waals surface area (Å²) in [6, 6.07) is 6.19. The summed E-state index contributed by atoms with van der Waals surface area (Å²) < 4.78 is 7.45. The van der Waals surface area contributed by atoms with E-state index in [0.29, 0.717) is 18.8 Å². The molecule has 0 amide bonds. The molecule has 2 rings (SSSR count). The van der Waals surface area contributed by atoms with Crippen LogP contribution in [0.3, 0.4) is 0 Å². The molecule has 1 aromatic carbocycles. The number of hydrogen-bond acceptors (Lipinski definition) is 3. The minimum atomic E-state index is 0.587. The minimum absolute atomic E-state index is 0.587. The van der Waals surface area contributed by atoms with Crippen LogP contribution in [0.2, 0.25) is 0 Å². The Labute approximate surface area is 101 Å². The highest BCUT2D eigenvalue weighted by Gasteiger charge is 1.98. The molecule has 90 valence electrons. The third-order valence-electron chi connectivity index (χ3n) is 2.44. The molecule has 1 heterocycles. The first-order valence-corrected chi connectivity index (χ1v) is 5.62. The van der Waals surface area contributed by atoms with E-state index in [-0.39, 0.29) is 0 Å². The molecule has 0 radical (unpaired) electrons. The smallest absolute Gasteiger partial charge is 0.119 e. The summed E-state index contributed by atoms with van der Waals surface area (Å²) in [4.78, 5) is 0. The maximum absolute atomic E-state index is 5.68. The molecule has 2 aromatic rings. The maximum atomic E-state index is 5.68. The van der Waals surface area contributed by atoms with Crippen molar-refractivity contribution in [3.8, 4) is 5.75 Å². The van der Waals surface area contributed by atoms with E-state index < -0.39 is 0 Å². The fourth-order valence-electron chi connectivity index (χ4n) is 1.78. The predicted octanol–water partition coefficient (Wildman–Crippen LogP) is 2.16. The van der Waals surface area contributed by atoms with Crippen LogP contribution in [0, 0.1) is 13.8 Å². The van der Waals surface area contributed by atoms with Crippen LogP contribution >= 0.6 is 0 Å². The number of nitrogen functional groups attached to an aromatic ring is 1. The van der Waals surface area contributed by atoms with Crippen molar-refractivity contribution in [2.75, 3.05) is 12.3 Å². The molecule has 0 bridgehead atoms.